The van der Waals surface area contributed by atoms with E-state index in [0.29, 0.717) is 16.7 Å². The number of amides is 2. The molecule has 2 amide bonds. The summed E-state index contributed by atoms with van der Waals surface area (Å²) >= 11 is 0. The molecule has 0 bridgehead atoms. The molecule has 3 heterocycles. The zero-order valence-corrected chi connectivity index (χ0v) is 21.9. The average Bonchev–Trinajstić information content (AvgIpc) is 3.45. The second-order valence-corrected chi connectivity index (χ2v) is 9.11. The maximum Gasteiger partial charge on any atom is 0.433 e. The lowest BCUT2D eigenvalue weighted by molar-refractivity contribution is -0.142. The number of pyridine rings is 1. The minimum absolute atomic E-state index is 0.0670. The smallest absolute Gasteiger partial charge is 0.355 e. The monoisotopic (exact) mass is 559 g/mol. The highest BCUT2D eigenvalue weighted by molar-refractivity contribution is 5.98. The van der Waals surface area contributed by atoms with E-state index in [1.807, 2.05) is 6.07 Å². The van der Waals surface area contributed by atoms with Crippen LogP contribution in [0.4, 0.5) is 13.2 Å². The number of likely N-dealkylation sites (N-methyl/N-ethyl adjacent to an activating group) is 1. The van der Waals surface area contributed by atoms with E-state index in [4.69, 9.17) is 0 Å². The van der Waals surface area contributed by atoms with Crippen molar-refractivity contribution in [1.29, 1.82) is 0 Å². The number of halogens is 3. The standard InChI is InChI=1S/C29H24F3N7O2/c1-33-27(40)19-10-8-18(9-11-19)20-5-3-6-21(15-20)28(41)35-25-12-13-26(37-38(25)2)39-24(29(30,31)32)16-23(36-39)22-7-4-14-34-17-22/h3-17,25H,1-2H3,(H,33,40)(H,35,41). The van der Waals surface area contributed by atoms with Gasteiger partial charge in [0.15, 0.2) is 11.5 Å². The van der Waals surface area contributed by atoms with Gasteiger partial charge in [0.25, 0.3) is 11.8 Å². The van der Waals surface area contributed by atoms with Crippen LogP contribution in [0, 0.1) is 0 Å². The van der Waals surface area contributed by atoms with Crippen LogP contribution in [0.2, 0.25) is 0 Å². The van der Waals surface area contributed by atoms with Crippen LogP contribution in [0.15, 0.2) is 96.4 Å². The van der Waals surface area contributed by atoms with Crippen molar-refractivity contribution in [3.05, 3.63) is 108 Å². The highest BCUT2D eigenvalue weighted by Gasteiger charge is 2.37. The van der Waals surface area contributed by atoms with E-state index >= 15 is 0 Å². The summed E-state index contributed by atoms with van der Waals surface area (Å²) in [5.74, 6) is -0.665. The Labute approximate surface area is 233 Å². The zero-order valence-electron chi connectivity index (χ0n) is 21.9. The first-order valence-corrected chi connectivity index (χ1v) is 12.4. The van der Waals surface area contributed by atoms with Gasteiger partial charge in [-0.1, -0.05) is 24.3 Å². The van der Waals surface area contributed by atoms with Crippen LogP contribution >= 0.6 is 0 Å². The molecule has 0 spiro atoms. The lowest BCUT2D eigenvalue weighted by atomic mass is 10.0. The molecule has 12 heteroatoms. The molecule has 9 nitrogen and oxygen atoms in total. The number of carbonyl (C=O) groups excluding carboxylic acids is 2. The van der Waals surface area contributed by atoms with E-state index in [9.17, 15) is 22.8 Å². The quantitative estimate of drug-likeness (QED) is 0.377. The molecular weight excluding hydrogens is 535 g/mol. The lowest BCUT2D eigenvalue weighted by Gasteiger charge is -2.27. The van der Waals surface area contributed by atoms with E-state index in [-0.39, 0.29) is 17.4 Å². The number of benzene rings is 2. The number of rotatable bonds is 5. The first-order chi connectivity index (χ1) is 19.6. The summed E-state index contributed by atoms with van der Waals surface area (Å²) in [6.07, 6.45) is 0.464. The fourth-order valence-electron chi connectivity index (χ4n) is 4.24. The minimum Gasteiger partial charge on any atom is -0.355 e. The lowest BCUT2D eigenvalue weighted by Crippen LogP contribution is -2.45. The van der Waals surface area contributed by atoms with Gasteiger partial charge < -0.3 is 10.6 Å². The highest BCUT2D eigenvalue weighted by atomic mass is 19.4. The Bertz CT molecular complexity index is 1650. The predicted octanol–water partition coefficient (Wildman–Crippen LogP) is 4.41. The van der Waals surface area contributed by atoms with Crippen molar-refractivity contribution in [3.63, 3.8) is 0 Å². The minimum atomic E-state index is -4.68. The molecule has 0 saturated heterocycles. The summed E-state index contributed by atoms with van der Waals surface area (Å²) in [5, 5.41) is 15.1. The zero-order chi connectivity index (χ0) is 29.1. The topological polar surface area (TPSA) is 105 Å². The molecule has 5 rings (SSSR count). The van der Waals surface area contributed by atoms with Crippen molar-refractivity contribution >= 4 is 17.6 Å². The summed E-state index contributed by atoms with van der Waals surface area (Å²) in [6, 6.07) is 18.1. The Morgan fingerprint density at radius 2 is 1.66 bits per heavy atom. The SMILES string of the molecule is CNC(=O)c1ccc(-c2cccc(C(=O)NC3C=CC(n4nc(-c5cccnc5)cc4C(F)(F)F)=NN3C)c2)cc1. The maximum atomic E-state index is 13.8. The summed E-state index contributed by atoms with van der Waals surface area (Å²) in [4.78, 5) is 28.8. The molecule has 2 N–H and O–H groups in total. The van der Waals surface area contributed by atoms with E-state index in [1.54, 1.807) is 61.6 Å². The molecule has 41 heavy (non-hydrogen) atoms. The number of hydrogen-bond acceptors (Lipinski definition) is 6. The van der Waals surface area contributed by atoms with Crippen molar-refractivity contribution in [3.8, 4) is 22.4 Å². The van der Waals surface area contributed by atoms with Gasteiger partial charge in [-0.3, -0.25) is 19.6 Å². The van der Waals surface area contributed by atoms with Gasteiger partial charge in [-0.05, 0) is 65.7 Å². The van der Waals surface area contributed by atoms with E-state index < -0.39 is 23.9 Å². The molecule has 1 unspecified atom stereocenters. The summed E-state index contributed by atoms with van der Waals surface area (Å²) in [7, 11) is 3.10. The summed E-state index contributed by atoms with van der Waals surface area (Å²) in [5.41, 5.74) is 2.03. The van der Waals surface area contributed by atoms with Gasteiger partial charge in [-0.2, -0.15) is 23.4 Å². The number of hydrazone groups is 1. The van der Waals surface area contributed by atoms with E-state index in [0.717, 1.165) is 21.9 Å². The number of carbonyl (C=O) groups is 2. The Kier molecular flexibility index (Phi) is 7.38. The van der Waals surface area contributed by atoms with Gasteiger partial charge >= 0.3 is 6.18 Å². The van der Waals surface area contributed by atoms with Crippen molar-refractivity contribution in [2.45, 2.75) is 12.3 Å². The number of hydrogen-bond donors (Lipinski definition) is 2. The molecule has 0 fully saturated rings. The van der Waals surface area contributed by atoms with Crippen LogP contribution in [-0.4, -0.2) is 57.7 Å². The average molecular weight is 560 g/mol. The van der Waals surface area contributed by atoms with Crippen molar-refractivity contribution in [2.24, 2.45) is 5.10 Å². The Hall–Kier alpha value is -5.26. The van der Waals surface area contributed by atoms with Gasteiger partial charge in [0.2, 0.25) is 0 Å². The Morgan fingerprint density at radius 1 is 0.902 bits per heavy atom. The number of alkyl halides is 3. The number of nitrogens with one attached hydrogen (secondary N) is 2. The molecule has 1 aliphatic heterocycles. The molecule has 208 valence electrons. The molecular formula is C29H24F3N7O2. The molecule has 0 saturated carbocycles. The Balaban J connectivity index is 1.33. The third-order valence-corrected chi connectivity index (χ3v) is 6.38. The van der Waals surface area contributed by atoms with Gasteiger partial charge in [0.05, 0.1) is 5.69 Å². The second kappa shape index (κ2) is 11.1. The highest BCUT2D eigenvalue weighted by Crippen LogP contribution is 2.32. The molecule has 4 aromatic rings. The van der Waals surface area contributed by atoms with Crippen LogP contribution in [0.25, 0.3) is 22.4 Å². The molecule has 2 aromatic heterocycles. The van der Waals surface area contributed by atoms with Gasteiger partial charge in [0.1, 0.15) is 6.17 Å². The summed E-state index contributed by atoms with van der Waals surface area (Å²) < 4.78 is 42.3. The molecule has 1 atom stereocenters. The molecule has 0 radical (unpaired) electrons. The number of allylic oxidation sites excluding steroid dienone is 1. The molecule has 2 aromatic carbocycles. The van der Waals surface area contributed by atoms with E-state index in [1.165, 1.54) is 36.6 Å². The van der Waals surface area contributed by atoms with Crippen LogP contribution in [0.5, 0.6) is 0 Å². The van der Waals surface area contributed by atoms with Crippen LogP contribution in [0.3, 0.4) is 0 Å². The third kappa shape index (κ3) is 5.86. The van der Waals surface area contributed by atoms with Gasteiger partial charge in [-0.15, -0.1) is 0 Å². The van der Waals surface area contributed by atoms with Crippen molar-refractivity contribution in [2.75, 3.05) is 14.1 Å². The van der Waals surface area contributed by atoms with Gasteiger partial charge in [-0.25, -0.2) is 4.68 Å². The van der Waals surface area contributed by atoms with Crippen molar-refractivity contribution < 1.29 is 22.8 Å². The Morgan fingerprint density at radius 3 is 2.32 bits per heavy atom. The van der Waals surface area contributed by atoms with Crippen LogP contribution < -0.4 is 10.6 Å². The fourth-order valence-corrected chi connectivity index (χ4v) is 4.24. The van der Waals surface area contributed by atoms with Crippen LogP contribution in [-0.2, 0) is 6.18 Å². The second-order valence-electron chi connectivity index (χ2n) is 9.11. The van der Waals surface area contributed by atoms with Crippen LogP contribution in [0.1, 0.15) is 26.4 Å². The first kappa shape index (κ1) is 27.3. The van der Waals surface area contributed by atoms with Crippen molar-refractivity contribution in [1.82, 2.24) is 30.4 Å². The van der Waals surface area contributed by atoms with Gasteiger partial charge in [0, 0.05) is 43.2 Å². The van der Waals surface area contributed by atoms with E-state index in [2.05, 4.69) is 25.8 Å². The molecule has 1 aliphatic rings. The normalized spacial score (nSPS) is 14.9. The first-order valence-electron chi connectivity index (χ1n) is 12.4. The molecule has 0 aliphatic carbocycles. The maximum absolute atomic E-state index is 13.8. The third-order valence-electron chi connectivity index (χ3n) is 6.38. The summed E-state index contributed by atoms with van der Waals surface area (Å²) in [6.45, 7) is 0. The number of aromatic nitrogens is 3. The largest absolute Gasteiger partial charge is 0.433 e. The predicted molar refractivity (Wildman–Crippen MR) is 147 cm³/mol. The number of nitrogens with zero attached hydrogens (tertiary/aromatic N) is 5. The fraction of sp³-hybridized carbons (Fsp3) is 0.138.